The number of phenols is 1. The molecule has 0 atom stereocenters. The Hall–Kier alpha value is -2.61. The molecule has 1 saturated carbocycles. The third-order valence-corrected chi connectivity index (χ3v) is 7.87. The lowest BCUT2D eigenvalue weighted by Crippen LogP contribution is -2.42. The van der Waals surface area contributed by atoms with Gasteiger partial charge in [-0.05, 0) is 59.7 Å². The number of anilines is 1. The van der Waals surface area contributed by atoms with Gasteiger partial charge in [0.15, 0.2) is 5.65 Å². The van der Waals surface area contributed by atoms with Crippen molar-refractivity contribution in [2.45, 2.75) is 51.4 Å². The summed E-state index contributed by atoms with van der Waals surface area (Å²) >= 11 is 3.54. The summed E-state index contributed by atoms with van der Waals surface area (Å²) in [6, 6.07) is 9.17. The zero-order chi connectivity index (χ0) is 23.5. The lowest BCUT2D eigenvalue weighted by Gasteiger charge is -2.34. The number of fused-ring (bicyclic) bond motifs is 1. The summed E-state index contributed by atoms with van der Waals surface area (Å²) in [5.74, 6) is 2.16. The van der Waals surface area contributed by atoms with Crippen LogP contribution in [0.25, 0.3) is 16.9 Å². The monoisotopic (exact) mass is 525 g/mol. The molecule has 2 fully saturated rings. The summed E-state index contributed by atoms with van der Waals surface area (Å²) in [7, 11) is 0. The minimum absolute atomic E-state index is 0.201. The van der Waals surface area contributed by atoms with Crippen LogP contribution in [0.2, 0.25) is 0 Å². The number of carbonyl (C=O) groups excluding carboxylic acids is 1. The van der Waals surface area contributed by atoms with E-state index < -0.39 is 0 Å². The molecule has 34 heavy (non-hydrogen) atoms. The highest BCUT2D eigenvalue weighted by atomic mass is 79.9. The van der Waals surface area contributed by atoms with Crippen molar-refractivity contribution in [3.05, 3.63) is 41.0 Å². The number of aromatic nitrogens is 3. The third kappa shape index (κ3) is 4.92. The van der Waals surface area contributed by atoms with Crippen molar-refractivity contribution in [3.63, 3.8) is 0 Å². The van der Waals surface area contributed by atoms with Gasteiger partial charge in [-0.3, -0.25) is 4.79 Å². The number of nitrogens with zero attached hydrogens (tertiary/aromatic N) is 4. The molecule has 0 spiro atoms. The second-order valence-electron chi connectivity index (χ2n) is 9.61. The summed E-state index contributed by atoms with van der Waals surface area (Å²) < 4.78 is 2.59. The van der Waals surface area contributed by atoms with E-state index in [9.17, 15) is 9.90 Å². The molecule has 1 aliphatic heterocycles. The van der Waals surface area contributed by atoms with E-state index in [0.717, 1.165) is 55.6 Å². The summed E-state index contributed by atoms with van der Waals surface area (Å²) in [4.78, 5) is 19.8. The molecular weight excluding hydrogens is 494 g/mol. The van der Waals surface area contributed by atoms with Gasteiger partial charge >= 0.3 is 0 Å². The molecule has 180 valence electrons. The highest BCUT2D eigenvalue weighted by Gasteiger charge is 2.28. The number of phenolic OH excluding ortho intramolecular Hbond substituents is 1. The number of nitrogens with one attached hydrogen (secondary N) is 1. The quantitative estimate of drug-likeness (QED) is 0.430. The number of para-hydroxylation sites is 1. The minimum Gasteiger partial charge on any atom is -0.507 e. The Balaban J connectivity index is 1.25. The number of aromatic hydroxyl groups is 1. The number of amides is 1. The number of benzene rings is 1. The molecule has 2 aromatic heterocycles. The Kier molecular flexibility index (Phi) is 7.04. The van der Waals surface area contributed by atoms with Crippen LogP contribution >= 0.6 is 15.9 Å². The van der Waals surface area contributed by atoms with E-state index in [1.165, 1.54) is 25.7 Å². The van der Waals surface area contributed by atoms with E-state index >= 15 is 0 Å². The highest BCUT2D eigenvalue weighted by Crippen LogP contribution is 2.32. The molecule has 2 N–H and O–H groups in total. The first kappa shape index (κ1) is 23.1. The number of hydrogen-bond donors (Lipinski definition) is 2. The fraction of sp³-hybridized carbons (Fsp3) is 0.500. The normalized spacial score (nSPS) is 18.2. The Morgan fingerprint density at radius 3 is 2.56 bits per heavy atom. The van der Waals surface area contributed by atoms with Gasteiger partial charge in [0, 0.05) is 37.2 Å². The number of hydrogen-bond acceptors (Lipinski definition) is 5. The number of piperidine rings is 1. The van der Waals surface area contributed by atoms with Crippen molar-refractivity contribution in [3.8, 4) is 17.0 Å². The van der Waals surface area contributed by atoms with Crippen molar-refractivity contribution in [1.82, 2.24) is 19.5 Å². The number of rotatable bonds is 5. The van der Waals surface area contributed by atoms with Crippen LogP contribution in [0.15, 0.2) is 41.0 Å². The Labute approximate surface area is 208 Å². The first-order valence-corrected chi connectivity index (χ1v) is 13.2. The van der Waals surface area contributed by atoms with Crippen LogP contribution in [0, 0.1) is 11.8 Å². The van der Waals surface area contributed by atoms with Gasteiger partial charge in [0.2, 0.25) is 5.91 Å². The molecule has 7 nitrogen and oxygen atoms in total. The summed E-state index contributed by atoms with van der Waals surface area (Å²) in [5.41, 5.74) is 2.08. The molecule has 2 aliphatic rings. The second kappa shape index (κ2) is 10.3. The van der Waals surface area contributed by atoms with Crippen LogP contribution in [0.4, 0.5) is 5.82 Å². The summed E-state index contributed by atoms with van der Waals surface area (Å²) in [6.07, 6.45) is 10.8. The molecule has 1 amide bonds. The average molecular weight is 526 g/mol. The molecule has 5 rings (SSSR count). The van der Waals surface area contributed by atoms with Crippen LogP contribution in [0.1, 0.15) is 51.4 Å². The Morgan fingerprint density at radius 1 is 1.09 bits per heavy atom. The first-order chi connectivity index (χ1) is 16.6. The third-order valence-electron chi connectivity index (χ3n) is 7.31. The molecule has 0 bridgehead atoms. The van der Waals surface area contributed by atoms with Crippen molar-refractivity contribution in [1.29, 1.82) is 0 Å². The molecule has 0 unspecified atom stereocenters. The maximum atomic E-state index is 13.0. The largest absolute Gasteiger partial charge is 0.507 e. The van der Waals surface area contributed by atoms with E-state index in [2.05, 4.69) is 31.2 Å². The second-order valence-corrected chi connectivity index (χ2v) is 10.5. The standard InChI is InChI=1S/C26H32BrN5O2/c27-21-17-29-32-24(15-22(30-25(21)32)20-9-5-6-10-23(20)33)28-16-18-11-13-31(14-12-18)26(34)19-7-3-1-2-4-8-19/h5-6,9-10,15,17-19,28,33H,1-4,7-8,11-14,16H2. The predicted molar refractivity (Wildman–Crippen MR) is 137 cm³/mol. The fourth-order valence-corrected chi connectivity index (χ4v) is 5.63. The van der Waals surface area contributed by atoms with Crippen molar-refractivity contribution in [2.75, 3.05) is 25.0 Å². The maximum absolute atomic E-state index is 13.0. The maximum Gasteiger partial charge on any atom is 0.225 e. The lowest BCUT2D eigenvalue weighted by atomic mass is 9.93. The van der Waals surface area contributed by atoms with E-state index in [4.69, 9.17) is 4.98 Å². The van der Waals surface area contributed by atoms with Crippen LogP contribution in [-0.4, -0.2) is 50.1 Å². The molecule has 3 heterocycles. The lowest BCUT2D eigenvalue weighted by molar-refractivity contribution is -0.137. The number of carbonyl (C=O) groups is 1. The SMILES string of the molecule is O=C(C1CCCCCC1)N1CCC(CNc2cc(-c3ccccc3O)nc3c(Br)cnn23)CC1. The van der Waals surface area contributed by atoms with Crippen molar-refractivity contribution < 1.29 is 9.90 Å². The van der Waals surface area contributed by atoms with Crippen LogP contribution in [0.5, 0.6) is 5.75 Å². The minimum atomic E-state index is 0.201. The molecule has 0 radical (unpaired) electrons. The van der Waals surface area contributed by atoms with Crippen LogP contribution in [-0.2, 0) is 4.79 Å². The van der Waals surface area contributed by atoms with Crippen molar-refractivity contribution in [2.24, 2.45) is 11.8 Å². The van der Waals surface area contributed by atoms with Crippen LogP contribution < -0.4 is 5.32 Å². The van der Waals surface area contributed by atoms with Gasteiger partial charge in [0.05, 0.1) is 16.4 Å². The van der Waals surface area contributed by atoms with Gasteiger partial charge < -0.3 is 15.3 Å². The molecule has 1 aliphatic carbocycles. The topological polar surface area (TPSA) is 82.8 Å². The zero-order valence-corrected chi connectivity index (χ0v) is 21.0. The van der Waals surface area contributed by atoms with Gasteiger partial charge in [-0.15, -0.1) is 0 Å². The van der Waals surface area contributed by atoms with Gasteiger partial charge in [-0.25, -0.2) is 4.98 Å². The molecular formula is C26H32BrN5O2. The Morgan fingerprint density at radius 2 is 1.82 bits per heavy atom. The smallest absolute Gasteiger partial charge is 0.225 e. The van der Waals surface area contributed by atoms with Gasteiger partial charge in [-0.2, -0.15) is 9.61 Å². The van der Waals surface area contributed by atoms with Crippen LogP contribution in [0.3, 0.4) is 0 Å². The Bertz CT molecular complexity index is 1150. The number of likely N-dealkylation sites (tertiary alicyclic amines) is 1. The van der Waals surface area contributed by atoms with E-state index in [1.807, 2.05) is 18.2 Å². The summed E-state index contributed by atoms with van der Waals surface area (Å²) in [6.45, 7) is 2.51. The van der Waals surface area contributed by atoms with Gasteiger partial charge in [0.25, 0.3) is 0 Å². The highest BCUT2D eigenvalue weighted by molar-refractivity contribution is 9.10. The van der Waals surface area contributed by atoms with Crippen molar-refractivity contribution >= 4 is 33.3 Å². The summed E-state index contributed by atoms with van der Waals surface area (Å²) in [5, 5.41) is 18.4. The molecule has 3 aromatic rings. The molecule has 8 heteroatoms. The fourth-order valence-electron chi connectivity index (χ4n) is 5.28. The average Bonchev–Trinajstić information content (AvgIpc) is 3.06. The van der Waals surface area contributed by atoms with Gasteiger partial charge in [0.1, 0.15) is 11.6 Å². The first-order valence-electron chi connectivity index (χ1n) is 12.5. The van der Waals surface area contributed by atoms with E-state index in [0.29, 0.717) is 28.7 Å². The predicted octanol–water partition coefficient (Wildman–Crippen LogP) is 5.49. The molecule has 1 aromatic carbocycles. The molecule has 1 saturated heterocycles. The zero-order valence-electron chi connectivity index (χ0n) is 19.4. The van der Waals surface area contributed by atoms with E-state index in [-0.39, 0.29) is 11.7 Å². The number of halogens is 1. The van der Waals surface area contributed by atoms with Gasteiger partial charge in [-0.1, -0.05) is 37.8 Å². The van der Waals surface area contributed by atoms with E-state index in [1.54, 1.807) is 22.8 Å².